The Morgan fingerprint density at radius 3 is 2.63 bits per heavy atom. The van der Waals surface area contributed by atoms with Crippen LogP contribution in [0.1, 0.15) is 18.9 Å². The first-order chi connectivity index (χ1) is 9.24. The number of pyridine rings is 1. The van der Waals surface area contributed by atoms with E-state index in [1.807, 2.05) is 0 Å². The minimum Gasteiger partial charge on any atom is -0.347 e. The van der Waals surface area contributed by atoms with Crippen molar-refractivity contribution in [1.29, 1.82) is 0 Å². The molecule has 0 saturated heterocycles. The minimum atomic E-state index is -0.269. The highest BCUT2D eigenvalue weighted by atomic mass is 19.1. The maximum absolute atomic E-state index is 14.4. The van der Waals surface area contributed by atoms with Gasteiger partial charge in [0.2, 0.25) is 0 Å². The van der Waals surface area contributed by atoms with Crippen molar-refractivity contribution in [3.63, 3.8) is 0 Å². The second-order valence-electron chi connectivity index (χ2n) is 4.27. The van der Waals surface area contributed by atoms with Crippen molar-refractivity contribution in [3.05, 3.63) is 49.0 Å². The molecular weight excluding hydrogens is 241 g/mol. The molecule has 1 aromatic heterocycles. The first-order valence-corrected chi connectivity index (χ1v) is 6.55. The summed E-state index contributed by atoms with van der Waals surface area (Å²) in [6.07, 6.45) is 6.12. The van der Waals surface area contributed by atoms with E-state index in [9.17, 15) is 4.39 Å². The summed E-state index contributed by atoms with van der Waals surface area (Å²) in [6, 6.07) is 1.71. The molecule has 0 unspecified atom stereocenters. The minimum absolute atomic E-state index is 0.269. The standard InChI is InChI=1S/C15H22FN3/c1-4-8-17-12-13-7-9-18-15(14(13)16)19(10-5-2)11-6-3/h5-7,9,17H,2-4,8,10-12H2,1H3. The third kappa shape index (κ3) is 4.48. The van der Waals surface area contributed by atoms with E-state index in [0.717, 1.165) is 13.0 Å². The second kappa shape index (κ2) is 8.43. The summed E-state index contributed by atoms with van der Waals surface area (Å²) < 4.78 is 14.4. The first-order valence-electron chi connectivity index (χ1n) is 6.55. The average Bonchev–Trinajstić information content (AvgIpc) is 2.41. The summed E-state index contributed by atoms with van der Waals surface area (Å²) in [5.74, 6) is 0.0883. The van der Waals surface area contributed by atoms with Crippen molar-refractivity contribution < 1.29 is 4.39 Å². The first kappa shape index (κ1) is 15.4. The third-order valence-electron chi connectivity index (χ3n) is 2.69. The van der Waals surface area contributed by atoms with Gasteiger partial charge in [-0.15, -0.1) is 13.2 Å². The van der Waals surface area contributed by atoms with Crippen LogP contribution in [0.25, 0.3) is 0 Å². The molecule has 0 atom stereocenters. The molecule has 104 valence electrons. The van der Waals surface area contributed by atoms with E-state index >= 15 is 0 Å². The summed E-state index contributed by atoms with van der Waals surface area (Å²) >= 11 is 0. The fourth-order valence-corrected chi connectivity index (χ4v) is 1.79. The third-order valence-corrected chi connectivity index (χ3v) is 2.69. The lowest BCUT2D eigenvalue weighted by Gasteiger charge is -2.21. The number of nitrogens with zero attached hydrogens (tertiary/aromatic N) is 2. The Morgan fingerprint density at radius 1 is 1.37 bits per heavy atom. The molecule has 0 aromatic carbocycles. The van der Waals surface area contributed by atoms with E-state index in [4.69, 9.17) is 0 Å². The van der Waals surface area contributed by atoms with Crippen molar-refractivity contribution in [2.24, 2.45) is 0 Å². The smallest absolute Gasteiger partial charge is 0.170 e. The molecule has 0 amide bonds. The maximum Gasteiger partial charge on any atom is 0.170 e. The molecule has 19 heavy (non-hydrogen) atoms. The van der Waals surface area contributed by atoms with Gasteiger partial charge in [0.1, 0.15) is 0 Å². The van der Waals surface area contributed by atoms with Gasteiger partial charge >= 0.3 is 0 Å². The van der Waals surface area contributed by atoms with E-state index in [-0.39, 0.29) is 5.82 Å². The zero-order chi connectivity index (χ0) is 14.1. The van der Waals surface area contributed by atoms with Crippen LogP contribution in [0.15, 0.2) is 37.6 Å². The molecule has 0 saturated carbocycles. The summed E-state index contributed by atoms with van der Waals surface area (Å²) in [5.41, 5.74) is 0.636. The summed E-state index contributed by atoms with van der Waals surface area (Å²) in [4.78, 5) is 5.94. The van der Waals surface area contributed by atoms with Crippen molar-refractivity contribution >= 4 is 5.82 Å². The zero-order valence-electron chi connectivity index (χ0n) is 11.5. The van der Waals surface area contributed by atoms with Crippen molar-refractivity contribution in [2.45, 2.75) is 19.9 Å². The number of anilines is 1. The zero-order valence-corrected chi connectivity index (χ0v) is 11.5. The number of halogens is 1. The number of nitrogens with one attached hydrogen (secondary N) is 1. The summed E-state index contributed by atoms with van der Waals surface area (Å²) in [5, 5.41) is 3.20. The highest BCUT2D eigenvalue weighted by Gasteiger charge is 2.14. The largest absolute Gasteiger partial charge is 0.347 e. The van der Waals surface area contributed by atoms with Gasteiger partial charge in [-0.05, 0) is 19.0 Å². The van der Waals surface area contributed by atoms with Crippen LogP contribution in [0.2, 0.25) is 0 Å². The summed E-state index contributed by atoms with van der Waals surface area (Å²) in [7, 11) is 0. The topological polar surface area (TPSA) is 28.2 Å². The molecule has 3 nitrogen and oxygen atoms in total. The Bertz CT molecular complexity index is 408. The Labute approximate surface area is 114 Å². The van der Waals surface area contributed by atoms with Crippen molar-refractivity contribution in [3.8, 4) is 0 Å². The second-order valence-corrected chi connectivity index (χ2v) is 4.27. The van der Waals surface area contributed by atoms with E-state index < -0.39 is 0 Å². The highest BCUT2D eigenvalue weighted by Crippen LogP contribution is 2.19. The van der Waals surface area contributed by atoms with Gasteiger partial charge in [0.25, 0.3) is 0 Å². The molecule has 0 aliphatic carbocycles. The molecule has 0 aliphatic rings. The number of hydrogen-bond acceptors (Lipinski definition) is 3. The van der Waals surface area contributed by atoms with Crippen molar-refractivity contribution in [1.82, 2.24) is 10.3 Å². The quantitative estimate of drug-likeness (QED) is 0.548. The summed E-state index contributed by atoms with van der Waals surface area (Å²) in [6.45, 7) is 11.9. The van der Waals surface area contributed by atoms with Gasteiger partial charge in [0.15, 0.2) is 11.6 Å². The van der Waals surface area contributed by atoms with Gasteiger partial charge in [0.05, 0.1) is 0 Å². The molecule has 0 aliphatic heterocycles. The van der Waals surface area contributed by atoms with Crippen LogP contribution in [0, 0.1) is 5.82 Å². The lowest BCUT2D eigenvalue weighted by atomic mass is 10.2. The predicted octanol–water partition coefficient (Wildman–Crippen LogP) is 2.90. The van der Waals surface area contributed by atoms with E-state index in [1.165, 1.54) is 0 Å². The van der Waals surface area contributed by atoms with Crippen LogP contribution in [0.5, 0.6) is 0 Å². The van der Waals surface area contributed by atoms with Gasteiger partial charge in [-0.25, -0.2) is 9.37 Å². The normalized spacial score (nSPS) is 10.2. The molecular formula is C15H22FN3. The van der Waals surface area contributed by atoms with Crippen LogP contribution < -0.4 is 10.2 Å². The van der Waals surface area contributed by atoms with Crippen LogP contribution in [0.3, 0.4) is 0 Å². The van der Waals surface area contributed by atoms with Crippen LogP contribution in [-0.4, -0.2) is 24.6 Å². The number of hydrogen-bond donors (Lipinski definition) is 1. The molecule has 0 radical (unpaired) electrons. The van der Waals surface area contributed by atoms with Gasteiger partial charge in [-0.3, -0.25) is 0 Å². The molecule has 1 N–H and O–H groups in total. The fourth-order valence-electron chi connectivity index (χ4n) is 1.79. The average molecular weight is 263 g/mol. The maximum atomic E-state index is 14.4. The molecule has 0 bridgehead atoms. The lowest BCUT2D eigenvalue weighted by molar-refractivity contribution is 0.577. The molecule has 1 rings (SSSR count). The Kier molecular flexibility index (Phi) is 6.82. The van der Waals surface area contributed by atoms with Crippen LogP contribution in [0.4, 0.5) is 10.2 Å². The van der Waals surface area contributed by atoms with E-state index in [0.29, 0.717) is 31.0 Å². The van der Waals surface area contributed by atoms with Gasteiger partial charge in [-0.1, -0.05) is 19.1 Å². The van der Waals surface area contributed by atoms with Crippen LogP contribution in [-0.2, 0) is 6.54 Å². The Morgan fingerprint density at radius 2 is 2.05 bits per heavy atom. The monoisotopic (exact) mass is 263 g/mol. The van der Waals surface area contributed by atoms with Gasteiger partial charge in [0, 0.05) is 31.4 Å². The predicted molar refractivity (Wildman–Crippen MR) is 78.8 cm³/mol. The fraction of sp³-hybridized carbons (Fsp3) is 0.400. The molecule has 0 fully saturated rings. The lowest BCUT2D eigenvalue weighted by Crippen LogP contribution is -2.26. The van der Waals surface area contributed by atoms with Gasteiger partial charge in [-0.2, -0.15) is 0 Å². The molecule has 1 heterocycles. The van der Waals surface area contributed by atoms with E-state index in [1.54, 1.807) is 29.3 Å². The van der Waals surface area contributed by atoms with Crippen LogP contribution >= 0.6 is 0 Å². The number of aromatic nitrogens is 1. The Balaban J connectivity index is 2.90. The molecule has 1 aromatic rings. The number of rotatable bonds is 9. The molecule has 4 heteroatoms. The van der Waals surface area contributed by atoms with Crippen molar-refractivity contribution in [2.75, 3.05) is 24.5 Å². The Hall–Kier alpha value is -1.68. The SMILES string of the molecule is C=CCN(CC=C)c1nccc(CNCCC)c1F. The highest BCUT2D eigenvalue weighted by molar-refractivity contribution is 5.44. The molecule has 0 spiro atoms. The van der Waals surface area contributed by atoms with Gasteiger partial charge < -0.3 is 10.2 Å². The van der Waals surface area contributed by atoms with E-state index in [2.05, 4.69) is 30.4 Å².